The highest BCUT2D eigenvalue weighted by Crippen LogP contribution is 2.40. The average Bonchev–Trinajstić information content (AvgIpc) is 3.37. The Balaban J connectivity index is 1.49. The Kier molecular flexibility index (Phi) is 4.84. The third-order valence-electron chi connectivity index (χ3n) is 4.75. The highest BCUT2D eigenvalue weighted by Gasteiger charge is 2.48. The number of ether oxygens (including phenoxy) is 1. The largest absolute Gasteiger partial charge is 0.497 e. The third-order valence-corrected chi connectivity index (χ3v) is 4.75. The summed E-state index contributed by atoms with van der Waals surface area (Å²) in [6.07, 6.45) is 6.43. The molecular formula is C18H24N2O3. The van der Waals surface area contributed by atoms with Crippen molar-refractivity contribution in [3.8, 4) is 5.75 Å². The Morgan fingerprint density at radius 1 is 1.09 bits per heavy atom. The van der Waals surface area contributed by atoms with E-state index in [1.807, 2.05) is 18.2 Å². The Labute approximate surface area is 136 Å². The molecule has 124 valence electrons. The molecule has 3 rings (SSSR count). The highest BCUT2D eigenvalue weighted by molar-refractivity contribution is 5.99. The Hall–Kier alpha value is -2.04. The van der Waals surface area contributed by atoms with Gasteiger partial charge >= 0.3 is 0 Å². The van der Waals surface area contributed by atoms with E-state index in [1.54, 1.807) is 13.2 Å². The van der Waals surface area contributed by atoms with Crippen molar-refractivity contribution < 1.29 is 14.3 Å². The number of benzene rings is 1. The van der Waals surface area contributed by atoms with E-state index in [0.717, 1.165) is 12.8 Å². The van der Waals surface area contributed by atoms with E-state index in [-0.39, 0.29) is 23.7 Å². The van der Waals surface area contributed by atoms with E-state index in [4.69, 9.17) is 4.74 Å². The van der Waals surface area contributed by atoms with Crippen molar-refractivity contribution in [2.75, 3.05) is 12.4 Å². The normalized spacial score (nSPS) is 23.9. The van der Waals surface area contributed by atoms with E-state index in [1.165, 1.54) is 19.3 Å². The molecule has 1 aromatic rings. The minimum absolute atomic E-state index is 0.0442. The van der Waals surface area contributed by atoms with Crippen molar-refractivity contribution in [2.45, 2.75) is 44.6 Å². The first-order chi connectivity index (χ1) is 11.2. The minimum atomic E-state index is -0.204. The lowest BCUT2D eigenvalue weighted by Gasteiger charge is -2.22. The molecule has 2 unspecified atom stereocenters. The molecule has 5 nitrogen and oxygen atoms in total. The van der Waals surface area contributed by atoms with Gasteiger partial charge in [0.05, 0.1) is 18.9 Å². The molecule has 5 heteroatoms. The predicted molar refractivity (Wildman–Crippen MR) is 88.2 cm³/mol. The monoisotopic (exact) mass is 316 g/mol. The Morgan fingerprint density at radius 3 is 2.57 bits per heavy atom. The second-order valence-electron chi connectivity index (χ2n) is 6.51. The lowest BCUT2D eigenvalue weighted by molar-refractivity contribution is -0.126. The number of nitrogens with one attached hydrogen (secondary N) is 2. The predicted octanol–water partition coefficient (Wildman–Crippen LogP) is 2.72. The van der Waals surface area contributed by atoms with Crippen LogP contribution in [0.1, 0.15) is 38.5 Å². The second-order valence-corrected chi connectivity index (χ2v) is 6.51. The molecule has 2 aliphatic rings. The number of amides is 2. The van der Waals surface area contributed by atoms with E-state index >= 15 is 0 Å². The summed E-state index contributed by atoms with van der Waals surface area (Å²) in [5.41, 5.74) is 0.702. The average molecular weight is 316 g/mol. The van der Waals surface area contributed by atoms with Gasteiger partial charge in [0.1, 0.15) is 5.75 Å². The lowest BCUT2D eigenvalue weighted by atomic mass is 9.95. The topological polar surface area (TPSA) is 67.4 Å². The van der Waals surface area contributed by atoms with Crippen LogP contribution in [0.3, 0.4) is 0 Å². The number of methoxy groups -OCH3 is 1. The number of hydrogen-bond donors (Lipinski definition) is 2. The fraction of sp³-hybridized carbons (Fsp3) is 0.556. The van der Waals surface area contributed by atoms with E-state index in [0.29, 0.717) is 23.9 Å². The summed E-state index contributed by atoms with van der Waals surface area (Å²) < 4.78 is 5.14. The molecular weight excluding hydrogens is 292 g/mol. The quantitative estimate of drug-likeness (QED) is 0.877. The number of rotatable bonds is 5. The first kappa shape index (κ1) is 15.8. The van der Waals surface area contributed by atoms with Crippen LogP contribution in [0.25, 0.3) is 0 Å². The van der Waals surface area contributed by atoms with Gasteiger partial charge in [0, 0.05) is 17.8 Å². The van der Waals surface area contributed by atoms with Gasteiger partial charge in [0.2, 0.25) is 11.8 Å². The van der Waals surface area contributed by atoms with E-state index < -0.39 is 0 Å². The molecule has 0 radical (unpaired) electrons. The zero-order valence-electron chi connectivity index (χ0n) is 13.5. The molecule has 2 fully saturated rings. The molecule has 2 atom stereocenters. The van der Waals surface area contributed by atoms with Crippen molar-refractivity contribution in [3.05, 3.63) is 24.3 Å². The van der Waals surface area contributed by atoms with Crippen LogP contribution >= 0.6 is 0 Å². The first-order valence-corrected chi connectivity index (χ1v) is 8.42. The zero-order chi connectivity index (χ0) is 16.2. The van der Waals surface area contributed by atoms with Crippen molar-refractivity contribution in [3.63, 3.8) is 0 Å². The Morgan fingerprint density at radius 2 is 1.83 bits per heavy atom. The third kappa shape index (κ3) is 4.03. The number of carbonyl (C=O) groups is 2. The van der Waals surface area contributed by atoms with Crippen molar-refractivity contribution in [1.29, 1.82) is 0 Å². The SMILES string of the molecule is COc1cccc(NC(=O)C2CC2C(=O)NC2CCCCC2)c1. The van der Waals surface area contributed by atoms with Crippen LogP contribution < -0.4 is 15.4 Å². The summed E-state index contributed by atoms with van der Waals surface area (Å²) in [6, 6.07) is 7.55. The molecule has 0 heterocycles. The number of hydrogen-bond acceptors (Lipinski definition) is 3. The molecule has 2 saturated carbocycles. The van der Waals surface area contributed by atoms with Crippen LogP contribution in [0.5, 0.6) is 5.75 Å². The van der Waals surface area contributed by atoms with Gasteiger partial charge in [-0.05, 0) is 31.4 Å². The molecule has 2 aliphatic carbocycles. The molecule has 1 aromatic carbocycles. The van der Waals surface area contributed by atoms with Gasteiger partial charge < -0.3 is 15.4 Å². The maximum atomic E-state index is 12.2. The van der Waals surface area contributed by atoms with Crippen molar-refractivity contribution in [1.82, 2.24) is 5.32 Å². The summed E-state index contributed by atoms with van der Waals surface area (Å²) in [5.74, 6) is 0.294. The summed E-state index contributed by atoms with van der Waals surface area (Å²) >= 11 is 0. The van der Waals surface area contributed by atoms with Crippen molar-refractivity contribution >= 4 is 17.5 Å². The molecule has 0 saturated heterocycles. The number of anilines is 1. The lowest BCUT2D eigenvalue weighted by Crippen LogP contribution is -2.37. The van der Waals surface area contributed by atoms with Crippen molar-refractivity contribution in [2.24, 2.45) is 11.8 Å². The molecule has 0 aromatic heterocycles. The standard InChI is InChI=1S/C18H24N2O3/c1-23-14-9-5-8-13(10-14)20-18(22)16-11-15(16)17(21)19-12-6-3-2-4-7-12/h5,8-10,12,15-16H,2-4,6-7,11H2,1H3,(H,19,21)(H,20,22). The fourth-order valence-corrected chi connectivity index (χ4v) is 3.27. The smallest absolute Gasteiger partial charge is 0.228 e. The molecule has 0 aliphatic heterocycles. The van der Waals surface area contributed by atoms with Crippen LogP contribution in [0.2, 0.25) is 0 Å². The van der Waals surface area contributed by atoms with Gasteiger partial charge in [-0.2, -0.15) is 0 Å². The summed E-state index contributed by atoms with van der Waals surface area (Å²) in [6.45, 7) is 0. The van der Waals surface area contributed by atoms with Crippen LogP contribution in [-0.2, 0) is 9.59 Å². The zero-order valence-corrected chi connectivity index (χ0v) is 13.5. The van der Waals surface area contributed by atoms with Gasteiger partial charge in [-0.3, -0.25) is 9.59 Å². The second kappa shape index (κ2) is 7.02. The maximum Gasteiger partial charge on any atom is 0.228 e. The van der Waals surface area contributed by atoms with Gasteiger partial charge in [-0.1, -0.05) is 25.3 Å². The minimum Gasteiger partial charge on any atom is -0.497 e. The highest BCUT2D eigenvalue weighted by atomic mass is 16.5. The van der Waals surface area contributed by atoms with E-state index in [9.17, 15) is 9.59 Å². The summed E-state index contributed by atoms with van der Waals surface area (Å²) in [7, 11) is 1.59. The van der Waals surface area contributed by atoms with Gasteiger partial charge in [0.15, 0.2) is 0 Å². The van der Waals surface area contributed by atoms with Crippen LogP contribution in [0, 0.1) is 11.8 Å². The molecule has 0 bridgehead atoms. The van der Waals surface area contributed by atoms with Gasteiger partial charge in [-0.15, -0.1) is 0 Å². The van der Waals surface area contributed by atoms with Crippen LogP contribution in [0.4, 0.5) is 5.69 Å². The summed E-state index contributed by atoms with van der Waals surface area (Å²) in [5, 5.41) is 5.98. The Bertz CT molecular complexity index is 581. The fourth-order valence-electron chi connectivity index (χ4n) is 3.27. The molecule has 0 spiro atoms. The van der Waals surface area contributed by atoms with E-state index in [2.05, 4.69) is 10.6 Å². The van der Waals surface area contributed by atoms with Crippen LogP contribution in [0.15, 0.2) is 24.3 Å². The summed E-state index contributed by atoms with van der Waals surface area (Å²) in [4.78, 5) is 24.5. The molecule has 23 heavy (non-hydrogen) atoms. The number of carbonyl (C=O) groups excluding carboxylic acids is 2. The molecule has 2 N–H and O–H groups in total. The van der Waals surface area contributed by atoms with Gasteiger partial charge in [0.25, 0.3) is 0 Å². The van der Waals surface area contributed by atoms with Gasteiger partial charge in [-0.25, -0.2) is 0 Å². The maximum absolute atomic E-state index is 12.2. The molecule has 2 amide bonds. The first-order valence-electron chi connectivity index (χ1n) is 8.42. The van der Waals surface area contributed by atoms with Crippen LogP contribution in [-0.4, -0.2) is 25.0 Å².